The first kappa shape index (κ1) is 9.67. The minimum absolute atomic E-state index is 0.0103. The number of amides is 1. The molecule has 0 saturated carbocycles. The van der Waals surface area contributed by atoms with Crippen LogP contribution in [0.5, 0.6) is 0 Å². The quantitative estimate of drug-likeness (QED) is 0.744. The zero-order chi connectivity index (χ0) is 10.1. The Morgan fingerprint density at radius 3 is 2.93 bits per heavy atom. The molecule has 0 saturated heterocycles. The Labute approximate surface area is 89.1 Å². The van der Waals surface area contributed by atoms with E-state index >= 15 is 0 Å². The fourth-order valence-corrected chi connectivity index (χ4v) is 2.68. The number of thioether (sulfide) groups is 1. The molecule has 4 nitrogen and oxygen atoms in total. The number of carbonyl (C=O) groups is 2. The monoisotopic (exact) mass is 228 g/mol. The molecule has 1 aliphatic rings. The van der Waals surface area contributed by atoms with Crippen LogP contribution in [0.1, 0.15) is 22.5 Å². The molecule has 6 heteroatoms. The number of aromatic nitrogens is 1. The van der Waals surface area contributed by atoms with Gasteiger partial charge in [0.15, 0.2) is 15.9 Å². The third kappa shape index (κ3) is 1.67. The minimum atomic E-state index is -0.130. The van der Waals surface area contributed by atoms with E-state index in [0.717, 1.165) is 4.34 Å². The summed E-state index contributed by atoms with van der Waals surface area (Å²) in [6.07, 6.45) is 2.44. The van der Waals surface area contributed by atoms with Crippen molar-refractivity contribution >= 4 is 40.6 Å². The SMILES string of the molecule is CSc1nc2c(s1)C(=O)CCC(=O)N2. The summed E-state index contributed by atoms with van der Waals surface area (Å²) < 4.78 is 0.811. The molecule has 1 N–H and O–H groups in total. The van der Waals surface area contributed by atoms with E-state index in [1.165, 1.54) is 23.1 Å². The Morgan fingerprint density at radius 2 is 2.21 bits per heavy atom. The van der Waals surface area contributed by atoms with Crippen molar-refractivity contribution in [1.29, 1.82) is 0 Å². The number of nitrogens with zero attached hydrogens (tertiary/aromatic N) is 1. The summed E-state index contributed by atoms with van der Waals surface area (Å²) in [6, 6.07) is 0. The Hall–Kier alpha value is -0.880. The van der Waals surface area contributed by atoms with E-state index in [-0.39, 0.29) is 24.5 Å². The molecule has 0 fully saturated rings. The lowest BCUT2D eigenvalue weighted by molar-refractivity contribution is -0.116. The van der Waals surface area contributed by atoms with Crippen LogP contribution in [0.25, 0.3) is 0 Å². The third-order valence-electron chi connectivity index (χ3n) is 1.87. The lowest BCUT2D eigenvalue weighted by atomic mass is 10.2. The molecule has 0 spiro atoms. The average molecular weight is 228 g/mol. The van der Waals surface area contributed by atoms with Crippen LogP contribution < -0.4 is 5.32 Å². The van der Waals surface area contributed by atoms with Crippen LogP contribution in [0, 0.1) is 0 Å². The van der Waals surface area contributed by atoms with Crippen LogP contribution in [-0.2, 0) is 4.79 Å². The van der Waals surface area contributed by atoms with Crippen LogP contribution in [0.3, 0.4) is 0 Å². The highest BCUT2D eigenvalue weighted by Crippen LogP contribution is 2.31. The van der Waals surface area contributed by atoms with Crippen molar-refractivity contribution in [3.63, 3.8) is 0 Å². The van der Waals surface area contributed by atoms with Gasteiger partial charge < -0.3 is 5.32 Å². The van der Waals surface area contributed by atoms with Gasteiger partial charge in [0.1, 0.15) is 4.88 Å². The van der Waals surface area contributed by atoms with Gasteiger partial charge in [-0.3, -0.25) is 9.59 Å². The predicted molar refractivity (Wildman–Crippen MR) is 56.1 cm³/mol. The van der Waals surface area contributed by atoms with E-state index < -0.39 is 0 Å². The number of thiazole rings is 1. The van der Waals surface area contributed by atoms with Crippen LogP contribution >= 0.6 is 23.1 Å². The molecule has 1 aromatic rings. The molecular formula is C8H8N2O2S2. The van der Waals surface area contributed by atoms with E-state index in [9.17, 15) is 9.59 Å². The minimum Gasteiger partial charge on any atom is -0.309 e. The highest BCUT2D eigenvalue weighted by Gasteiger charge is 2.23. The van der Waals surface area contributed by atoms with Gasteiger partial charge in [-0.05, 0) is 6.26 Å². The lowest BCUT2D eigenvalue weighted by Crippen LogP contribution is -2.09. The maximum absolute atomic E-state index is 11.5. The van der Waals surface area contributed by atoms with E-state index in [2.05, 4.69) is 10.3 Å². The molecule has 0 radical (unpaired) electrons. The van der Waals surface area contributed by atoms with Gasteiger partial charge in [-0.2, -0.15) is 0 Å². The van der Waals surface area contributed by atoms with Gasteiger partial charge in [0.25, 0.3) is 0 Å². The fourth-order valence-electron chi connectivity index (χ4n) is 1.20. The first-order chi connectivity index (χ1) is 6.70. The summed E-state index contributed by atoms with van der Waals surface area (Å²) in [5.41, 5.74) is 0. The largest absolute Gasteiger partial charge is 0.309 e. The van der Waals surface area contributed by atoms with Crippen molar-refractivity contribution < 1.29 is 9.59 Å². The summed E-state index contributed by atoms with van der Waals surface area (Å²) in [6.45, 7) is 0. The van der Waals surface area contributed by atoms with Gasteiger partial charge in [-0.1, -0.05) is 11.8 Å². The van der Waals surface area contributed by atoms with E-state index in [1.807, 2.05) is 6.26 Å². The number of nitrogens with one attached hydrogen (secondary N) is 1. The van der Waals surface area contributed by atoms with Crippen molar-refractivity contribution in [2.45, 2.75) is 17.2 Å². The zero-order valence-corrected chi connectivity index (χ0v) is 9.13. The number of rotatable bonds is 1. The molecule has 2 heterocycles. The molecule has 0 bridgehead atoms. The van der Waals surface area contributed by atoms with Crippen molar-refractivity contribution in [2.75, 3.05) is 11.6 Å². The number of Topliss-reactive ketones (excluding diaryl/α,β-unsaturated/α-hetero) is 1. The molecule has 1 amide bonds. The van der Waals surface area contributed by atoms with Gasteiger partial charge in [-0.15, -0.1) is 11.3 Å². The smallest absolute Gasteiger partial charge is 0.226 e. The molecule has 0 aromatic carbocycles. The van der Waals surface area contributed by atoms with Crippen molar-refractivity contribution in [2.24, 2.45) is 0 Å². The molecule has 0 atom stereocenters. The van der Waals surface area contributed by atoms with Gasteiger partial charge in [0.2, 0.25) is 5.91 Å². The first-order valence-electron chi connectivity index (χ1n) is 4.08. The summed E-state index contributed by atoms with van der Waals surface area (Å²) >= 11 is 2.82. The topological polar surface area (TPSA) is 59.1 Å². The fraction of sp³-hybridized carbons (Fsp3) is 0.375. The van der Waals surface area contributed by atoms with Crippen LogP contribution in [-0.4, -0.2) is 22.9 Å². The van der Waals surface area contributed by atoms with Crippen molar-refractivity contribution in [3.05, 3.63) is 4.88 Å². The maximum atomic E-state index is 11.5. The standard InChI is InChI=1S/C8H8N2O2S2/c1-13-8-10-7-6(14-8)4(11)2-3-5(12)9-7/h2-3H2,1H3,(H,9,12). The summed E-state index contributed by atoms with van der Waals surface area (Å²) in [7, 11) is 0. The first-order valence-corrected chi connectivity index (χ1v) is 6.12. The Kier molecular flexibility index (Phi) is 2.56. The van der Waals surface area contributed by atoms with Gasteiger partial charge >= 0.3 is 0 Å². The number of ketones is 1. The van der Waals surface area contributed by atoms with Crippen LogP contribution in [0.4, 0.5) is 5.82 Å². The second kappa shape index (κ2) is 3.70. The Morgan fingerprint density at radius 1 is 1.43 bits per heavy atom. The number of anilines is 1. The molecule has 14 heavy (non-hydrogen) atoms. The Bertz CT molecular complexity index is 400. The van der Waals surface area contributed by atoms with E-state index in [4.69, 9.17) is 0 Å². The van der Waals surface area contributed by atoms with E-state index in [1.54, 1.807) is 0 Å². The second-order valence-electron chi connectivity index (χ2n) is 2.83. The molecule has 0 aliphatic carbocycles. The van der Waals surface area contributed by atoms with Gasteiger partial charge in [0.05, 0.1) is 0 Å². The van der Waals surface area contributed by atoms with Crippen LogP contribution in [0.2, 0.25) is 0 Å². The van der Waals surface area contributed by atoms with Gasteiger partial charge in [-0.25, -0.2) is 4.98 Å². The Balaban J connectivity index is 2.43. The lowest BCUT2D eigenvalue weighted by Gasteiger charge is -1.95. The summed E-state index contributed by atoms with van der Waals surface area (Å²) in [4.78, 5) is 27.5. The van der Waals surface area contributed by atoms with Crippen molar-refractivity contribution in [3.8, 4) is 0 Å². The highest BCUT2D eigenvalue weighted by molar-refractivity contribution is 8.00. The zero-order valence-electron chi connectivity index (χ0n) is 7.49. The summed E-state index contributed by atoms with van der Waals surface area (Å²) in [5, 5.41) is 2.63. The molecule has 1 aromatic heterocycles. The predicted octanol–water partition coefficient (Wildman–Crippen LogP) is 1.78. The second-order valence-corrected chi connectivity index (χ2v) is 4.89. The molecular weight excluding hydrogens is 220 g/mol. The number of fused-ring (bicyclic) bond motifs is 1. The number of carbonyl (C=O) groups excluding carboxylic acids is 2. The number of hydrogen-bond acceptors (Lipinski definition) is 5. The highest BCUT2D eigenvalue weighted by atomic mass is 32.2. The molecule has 2 rings (SSSR count). The van der Waals surface area contributed by atoms with Crippen LogP contribution in [0.15, 0.2) is 4.34 Å². The van der Waals surface area contributed by atoms with Crippen molar-refractivity contribution in [1.82, 2.24) is 4.98 Å². The molecule has 0 unspecified atom stereocenters. The summed E-state index contributed by atoms with van der Waals surface area (Å²) in [5.74, 6) is 0.318. The number of hydrogen-bond donors (Lipinski definition) is 1. The average Bonchev–Trinajstić information content (AvgIpc) is 2.52. The normalized spacial score (nSPS) is 16.1. The van der Waals surface area contributed by atoms with Gasteiger partial charge in [0, 0.05) is 12.8 Å². The third-order valence-corrected chi connectivity index (χ3v) is 3.95. The molecule has 1 aliphatic heterocycles. The van der Waals surface area contributed by atoms with E-state index in [0.29, 0.717) is 10.7 Å². The maximum Gasteiger partial charge on any atom is 0.226 e. The molecule has 74 valence electrons.